The van der Waals surface area contributed by atoms with Crippen LogP contribution in [0.15, 0.2) is 55.9 Å². The van der Waals surface area contributed by atoms with Gasteiger partial charge in [0, 0.05) is 15.4 Å². The lowest BCUT2D eigenvalue weighted by Crippen LogP contribution is -2.30. The van der Waals surface area contributed by atoms with E-state index in [1.54, 1.807) is 19.1 Å². The Balaban J connectivity index is 1.86. The van der Waals surface area contributed by atoms with Crippen LogP contribution in [0.5, 0.6) is 5.75 Å². The summed E-state index contributed by atoms with van der Waals surface area (Å²) in [6.45, 7) is 1.71. The van der Waals surface area contributed by atoms with Crippen LogP contribution >= 0.6 is 31.9 Å². The van der Waals surface area contributed by atoms with Gasteiger partial charge in [-0.1, -0.05) is 49.1 Å². The molecule has 0 aliphatic carbocycles. The Labute approximate surface area is 166 Å². The highest BCUT2D eigenvalue weighted by Crippen LogP contribution is 2.24. The van der Waals surface area contributed by atoms with Gasteiger partial charge in [-0.2, -0.15) is 4.98 Å². The highest BCUT2D eigenvalue weighted by molar-refractivity contribution is 9.10. The molecule has 0 aliphatic heterocycles. The number of amides is 1. The molecule has 2 N–H and O–H groups in total. The number of benzene rings is 2. The number of phenols is 1. The number of nitrogens with zero attached hydrogens (tertiary/aromatic N) is 2. The monoisotopic (exact) mass is 479 g/mol. The van der Waals surface area contributed by atoms with Gasteiger partial charge in [-0.25, -0.2) is 0 Å². The Bertz CT molecular complexity index is 926. The number of aryl methyl sites for hydroxylation is 1. The summed E-state index contributed by atoms with van der Waals surface area (Å²) in [7, 11) is 0. The molecule has 26 heavy (non-hydrogen) atoms. The third kappa shape index (κ3) is 4.50. The molecule has 134 valence electrons. The van der Waals surface area contributed by atoms with Crippen molar-refractivity contribution in [3.63, 3.8) is 0 Å². The predicted octanol–water partition coefficient (Wildman–Crippen LogP) is 4.32. The molecule has 1 aromatic heterocycles. The Hall–Kier alpha value is -2.19. The molecule has 0 fully saturated rings. The van der Waals surface area contributed by atoms with Crippen molar-refractivity contribution in [2.75, 3.05) is 0 Å². The van der Waals surface area contributed by atoms with Crippen LogP contribution in [0, 0.1) is 6.92 Å². The average molecular weight is 481 g/mol. The summed E-state index contributed by atoms with van der Waals surface area (Å²) in [5, 5.41) is 16.6. The number of carbonyl (C=O) groups is 1. The van der Waals surface area contributed by atoms with Crippen molar-refractivity contribution in [2.24, 2.45) is 0 Å². The summed E-state index contributed by atoms with van der Waals surface area (Å²) < 4.78 is 6.92. The Morgan fingerprint density at radius 2 is 1.88 bits per heavy atom. The van der Waals surface area contributed by atoms with Gasteiger partial charge in [-0.3, -0.25) is 4.79 Å². The molecule has 0 unspecified atom stereocenters. The zero-order chi connectivity index (χ0) is 18.7. The highest BCUT2D eigenvalue weighted by Gasteiger charge is 2.23. The maximum Gasteiger partial charge on any atom is 0.255 e. The second-order valence-electron chi connectivity index (χ2n) is 5.70. The number of hydrogen-bond donors (Lipinski definition) is 2. The van der Waals surface area contributed by atoms with E-state index in [0.29, 0.717) is 22.6 Å². The molecular formula is C18H15Br2N3O3. The smallest absolute Gasteiger partial charge is 0.255 e. The van der Waals surface area contributed by atoms with E-state index in [9.17, 15) is 9.90 Å². The molecule has 0 saturated carbocycles. The van der Waals surface area contributed by atoms with Gasteiger partial charge in [0.1, 0.15) is 11.8 Å². The number of carbonyl (C=O) groups excluding carboxylic acids is 1. The van der Waals surface area contributed by atoms with E-state index in [0.717, 1.165) is 10.0 Å². The summed E-state index contributed by atoms with van der Waals surface area (Å²) in [5.41, 5.74) is 1.16. The number of nitrogens with one attached hydrogen (secondary N) is 1. The Kier molecular flexibility index (Phi) is 5.73. The van der Waals surface area contributed by atoms with E-state index in [2.05, 4.69) is 47.3 Å². The fourth-order valence-corrected chi connectivity index (χ4v) is 3.06. The van der Waals surface area contributed by atoms with Gasteiger partial charge >= 0.3 is 0 Å². The molecule has 3 rings (SSSR count). The standard InChI is InChI=1S/C18H15Br2N3O3/c1-10-21-18(26-23-10)15(8-11-2-4-12(19)5-3-11)22-17(25)14-9-13(20)6-7-16(14)24/h2-7,9,15,24H,8H2,1H3,(H,22,25)/t15-/m1/s1. The number of halogens is 2. The molecule has 2 aromatic carbocycles. The zero-order valence-electron chi connectivity index (χ0n) is 13.7. The van der Waals surface area contributed by atoms with E-state index >= 15 is 0 Å². The van der Waals surface area contributed by atoms with Crippen LogP contribution in [0.2, 0.25) is 0 Å². The van der Waals surface area contributed by atoms with Crippen molar-refractivity contribution in [1.29, 1.82) is 0 Å². The summed E-state index contributed by atoms with van der Waals surface area (Å²) in [5.74, 6) is 0.269. The van der Waals surface area contributed by atoms with Crippen LogP contribution in [0.3, 0.4) is 0 Å². The molecule has 1 amide bonds. The number of hydrogen-bond acceptors (Lipinski definition) is 5. The molecule has 0 aliphatic rings. The number of phenolic OH excluding ortho intramolecular Hbond substituents is 1. The zero-order valence-corrected chi connectivity index (χ0v) is 16.9. The normalized spacial score (nSPS) is 12.0. The minimum absolute atomic E-state index is 0.102. The first kappa shape index (κ1) is 18.6. The molecule has 8 heteroatoms. The van der Waals surface area contributed by atoms with Gasteiger partial charge in [0.15, 0.2) is 5.82 Å². The van der Waals surface area contributed by atoms with Crippen LogP contribution < -0.4 is 5.32 Å². The molecule has 1 atom stereocenters. The molecular weight excluding hydrogens is 466 g/mol. The summed E-state index contributed by atoms with van der Waals surface area (Å²) in [6, 6.07) is 11.9. The summed E-state index contributed by atoms with van der Waals surface area (Å²) in [4.78, 5) is 16.9. The first-order valence-electron chi connectivity index (χ1n) is 7.76. The van der Waals surface area contributed by atoms with E-state index in [1.807, 2.05) is 24.3 Å². The van der Waals surface area contributed by atoms with Gasteiger partial charge in [-0.05, 0) is 42.8 Å². The number of aromatic nitrogens is 2. The van der Waals surface area contributed by atoms with Gasteiger partial charge in [0.25, 0.3) is 5.91 Å². The summed E-state index contributed by atoms with van der Waals surface area (Å²) >= 11 is 6.71. The van der Waals surface area contributed by atoms with Crippen LogP contribution in [0.1, 0.15) is 33.7 Å². The van der Waals surface area contributed by atoms with Gasteiger partial charge in [0.2, 0.25) is 5.89 Å². The molecule has 0 saturated heterocycles. The van der Waals surface area contributed by atoms with Crippen LogP contribution in [0.4, 0.5) is 0 Å². The molecule has 1 heterocycles. The van der Waals surface area contributed by atoms with E-state index in [1.165, 1.54) is 6.07 Å². The maximum absolute atomic E-state index is 12.7. The fraction of sp³-hybridized carbons (Fsp3) is 0.167. The third-order valence-corrected chi connectivity index (χ3v) is 4.72. The summed E-state index contributed by atoms with van der Waals surface area (Å²) in [6.07, 6.45) is 0.468. The van der Waals surface area contributed by atoms with Gasteiger partial charge in [0.05, 0.1) is 5.56 Å². The predicted molar refractivity (Wildman–Crippen MR) is 103 cm³/mol. The number of rotatable bonds is 5. The largest absolute Gasteiger partial charge is 0.507 e. The van der Waals surface area contributed by atoms with Crippen molar-refractivity contribution >= 4 is 37.8 Å². The Morgan fingerprint density at radius 3 is 2.54 bits per heavy atom. The SMILES string of the molecule is Cc1noc([C@@H](Cc2ccc(Br)cc2)NC(=O)c2cc(Br)ccc2O)n1. The molecule has 0 spiro atoms. The van der Waals surface area contributed by atoms with Gasteiger partial charge < -0.3 is 14.9 Å². The van der Waals surface area contributed by atoms with Crippen LogP contribution in [0.25, 0.3) is 0 Å². The van der Waals surface area contributed by atoms with E-state index in [4.69, 9.17) is 4.52 Å². The maximum atomic E-state index is 12.7. The van der Waals surface area contributed by atoms with Crippen molar-refractivity contribution < 1.29 is 14.4 Å². The second-order valence-corrected chi connectivity index (χ2v) is 7.53. The Morgan fingerprint density at radius 1 is 1.19 bits per heavy atom. The molecule has 3 aromatic rings. The van der Waals surface area contributed by atoms with Crippen molar-refractivity contribution in [3.05, 3.63) is 74.3 Å². The fourth-order valence-electron chi connectivity index (χ4n) is 2.44. The first-order chi connectivity index (χ1) is 12.4. The number of aromatic hydroxyl groups is 1. The third-order valence-electron chi connectivity index (χ3n) is 3.70. The molecule has 0 radical (unpaired) electrons. The minimum atomic E-state index is -0.525. The lowest BCUT2D eigenvalue weighted by atomic mass is 10.0. The van der Waals surface area contributed by atoms with E-state index in [-0.39, 0.29) is 11.3 Å². The molecule has 0 bridgehead atoms. The topological polar surface area (TPSA) is 88.2 Å². The van der Waals surface area contributed by atoms with Crippen molar-refractivity contribution in [2.45, 2.75) is 19.4 Å². The van der Waals surface area contributed by atoms with Gasteiger partial charge in [-0.15, -0.1) is 0 Å². The second kappa shape index (κ2) is 8.01. The lowest BCUT2D eigenvalue weighted by molar-refractivity contribution is 0.0925. The quantitative estimate of drug-likeness (QED) is 0.567. The average Bonchev–Trinajstić information content (AvgIpc) is 3.04. The van der Waals surface area contributed by atoms with Crippen LogP contribution in [-0.2, 0) is 6.42 Å². The van der Waals surface area contributed by atoms with E-state index < -0.39 is 11.9 Å². The minimum Gasteiger partial charge on any atom is -0.507 e. The molecule has 6 nitrogen and oxygen atoms in total. The lowest BCUT2D eigenvalue weighted by Gasteiger charge is -2.16. The van der Waals surface area contributed by atoms with Crippen molar-refractivity contribution in [3.8, 4) is 5.75 Å². The van der Waals surface area contributed by atoms with Crippen molar-refractivity contribution in [1.82, 2.24) is 15.5 Å². The van der Waals surface area contributed by atoms with Crippen LogP contribution in [-0.4, -0.2) is 21.2 Å². The first-order valence-corrected chi connectivity index (χ1v) is 9.35. The highest BCUT2D eigenvalue weighted by atomic mass is 79.9.